The van der Waals surface area contributed by atoms with Crippen molar-refractivity contribution in [2.75, 3.05) is 40.0 Å². The van der Waals surface area contributed by atoms with Crippen LogP contribution in [0.4, 0.5) is 0 Å². The lowest BCUT2D eigenvalue weighted by molar-refractivity contribution is -0.142. The average molecular weight is 176 g/mol. The van der Waals surface area contributed by atoms with Gasteiger partial charge in [0.05, 0.1) is 13.2 Å². The van der Waals surface area contributed by atoms with E-state index in [1.807, 2.05) is 0 Å². The molecule has 12 heavy (non-hydrogen) atoms. The molecule has 0 aliphatic rings. The molecule has 0 rings (SSSR count). The number of esters is 1. The first-order chi connectivity index (χ1) is 5.81. The van der Waals surface area contributed by atoms with Gasteiger partial charge in [0.25, 0.3) is 0 Å². The molecule has 3 N–H and O–H groups in total. The maximum absolute atomic E-state index is 10.8. The molecular weight excluding hydrogens is 160 g/mol. The van der Waals surface area contributed by atoms with Crippen molar-refractivity contribution in [3.05, 3.63) is 0 Å². The molecule has 5 nitrogen and oxygen atoms in total. The maximum Gasteiger partial charge on any atom is 0.319 e. The number of carbonyl (C=O) groups is 1. The topological polar surface area (TPSA) is 73.6 Å². The summed E-state index contributed by atoms with van der Waals surface area (Å²) in [7, 11) is 1.61. The average Bonchev–Trinajstić information content (AvgIpc) is 2.09. The van der Waals surface area contributed by atoms with Gasteiger partial charge in [0.15, 0.2) is 0 Å². The summed E-state index contributed by atoms with van der Waals surface area (Å²) in [6.45, 7) is 2.09. The Morgan fingerprint density at radius 2 is 2.25 bits per heavy atom. The van der Waals surface area contributed by atoms with Gasteiger partial charge in [-0.3, -0.25) is 4.79 Å². The maximum atomic E-state index is 10.8. The fourth-order valence-corrected chi connectivity index (χ4v) is 0.588. The number of hydrogen-bond donors (Lipinski definition) is 2. The van der Waals surface area contributed by atoms with Crippen molar-refractivity contribution in [2.45, 2.75) is 0 Å². The number of rotatable bonds is 7. The van der Waals surface area contributed by atoms with E-state index in [-0.39, 0.29) is 19.1 Å². The normalized spacial score (nSPS) is 9.83. The van der Waals surface area contributed by atoms with Crippen molar-refractivity contribution in [2.24, 2.45) is 5.73 Å². The van der Waals surface area contributed by atoms with Crippen molar-refractivity contribution in [3.8, 4) is 0 Å². The first-order valence-electron chi connectivity index (χ1n) is 3.86. The van der Waals surface area contributed by atoms with E-state index < -0.39 is 0 Å². The number of nitrogens with two attached hydrogens (primary N) is 1. The monoisotopic (exact) mass is 176 g/mol. The largest absolute Gasteiger partial charge is 0.463 e. The van der Waals surface area contributed by atoms with E-state index in [1.165, 1.54) is 0 Å². The Bertz CT molecular complexity index is 119. The van der Waals surface area contributed by atoms with Crippen LogP contribution < -0.4 is 11.1 Å². The van der Waals surface area contributed by atoms with Gasteiger partial charge in [0.1, 0.15) is 6.61 Å². The molecule has 5 heteroatoms. The second-order valence-electron chi connectivity index (χ2n) is 2.18. The third-order valence-electron chi connectivity index (χ3n) is 1.13. The molecule has 0 unspecified atom stereocenters. The summed E-state index contributed by atoms with van der Waals surface area (Å²) >= 11 is 0. The molecule has 0 aromatic heterocycles. The standard InChI is InChI=1S/C7H16N2O3/c1-11-5-3-9-6-7(10)12-4-2-8/h9H,2-6,8H2,1H3. The minimum Gasteiger partial charge on any atom is -0.463 e. The highest BCUT2D eigenvalue weighted by Crippen LogP contribution is 1.74. The minimum absolute atomic E-state index is 0.212. The fraction of sp³-hybridized carbons (Fsp3) is 0.857. The van der Waals surface area contributed by atoms with Crippen molar-refractivity contribution in [1.82, 2.24) is 5.32 Å². The summed E-state index contributed by atoms with van der Waals surface area (Å²) in [6.07, 6.45) is 0. The Morgan fingerprint density at radius 1 is 1.50 bits per heavy atom. The van der Waals surface area contributed by atoms with Crippen LogP contribution in [0.2, 0.25) is 0 Å². The molecule has 0 aliphatic carbocycles. The molecule has 0 atom stereocenters. The van der Waals surface area contributed by atoms with Crippen molar-refractivity contribution >= 4 is 5.97 Å². The molecule has 0 spiro atoms. The lowest BCUT2D eigenvalue weighted by atomic mass is 10.6. The zero-order valence-electron chi connectivity index (χ0n) is 7.34. The van der Waals surface area contributed by atoms with Gasteiger partial charge in [0.2, 0.25) is 0 Å². The first kappa shape index (κ1) is 11.4. The van der Waals surface area contributed by atoms with E-state index in [1.54, 1.807) is 7.11 Å². The lowest BCUT2D eigenvalue weighted by Crippen LogP contribution is -2.28. The van der Waals surface area contributed by atoms with Gasteiger partial charge in [-0.25, -0.2) is 0 Å². The van der Waals surface area contributed by atoms with E-state index in [2.05, 4.69) is 5.32 Å². The van der Waals surface area contributed by atoms with E-state index >= 15 is 0 Å². The Kier molecular flexibility index (Phi) is 7.99. The van der Waals surface area contributed by atoms with Gasteiger partial charge < -0.3 is 20.5 Å². The van der Waals surface area contributed by atoms with Crippen LogP contribution in [-0.2, 0) is 14.3 Å². The summed E-state index contributed by atoms with van der Waals surface area (Å²) < 4.78 is 9.47. The van der Waals surface area contributed by atoms with E-state index in [0.29, 0.717) is 19.7 Å². The highest BCUT2D eigenvalue weighted by molar-refractivity contribution is 5.71. The second-order valence-corrected chi connectivity index (χ2v) is 2.18. The van der Waals surface area contributed by atoms with E-state index in [4.69, 9.17) is 15.2 Å². The molecule has 0 heterocycles. The van der Waals surface area contributed by atoms with Crippen LogP contribution in [0.1, 0.15) is 0 Å². The summed E-state index contributed by atoms with van der Waals surface area (Å²) in [4.78, 5) is 10.8. The Hall–Kier alpha value is -0.650. The van der Waals surface area contributed by atoms with Crippen molar-refractivity contribution < 1.29 is 14.3 Å². The van der Waals surface area contributed by atoms with Crippen LogP contribution in [0.5, 0.6) is 0 Å². The smallest absolute Gasteiger partial charge is 0.319 e. The SMILES string of the molecule is COCCNCC(=O)OCCN. The molecular formula is C7H16N2O3. The summed E-state index contributed by atoms with van der Waals surface area (Å²) in [5, 5.41) is 2.85. The second kappa shape index (κ2) is 8.45. The number of ether oxygens (including phenoxy) is 2. The molecule has 72 valence electrons. The molecule has 0 amide bonds. The van der Waals surface area contributed by atoms with Crippen molar-refractivity contribution in [3.63, 3.8) is 0 Å². The third kappa shape index (κ3) is 7.46. The Morgan fingerprint density at radius 3 is 2.83 bits per heavy atom. The van der Waals surface area contributed by atoms with Crippen LogP contribution in [0, 0.1) is 0 Å². The van der Waals surface area contributed by atoms with Crippen molar-refractivity contribution in [1.29, 1.82) is 0 Å². The molecule has 0 bridgehead atoms. The van der Waals surface area contributed by atoms with Gasteiger partial charge >= 0.3 is 5.97 Å². The zero-order valence-corrected chi connectivity index (χ0v) is 7.34. The minimum atomic E-state index is -0.281. The fourth-order valence-electron chi connectivity index (χ4n) is 0.588. The highest BCUT2D eigenvalue weighted by atomic mass is 16.5. The number of hydrogen-bond acceptors (Lipinski definition) is 5. The summed E-state index contributed by atoms with van der Waals surface area (Å²) in [5.74, 6) is -0.281. The molecule has 0 aliphatic heterocycles. The number of nitrogens with one attached hydrogen (secondary N) is 1. The summed E-state index contributed by atoms with van der Waals surface area (Å²) in [6, 6.07) is 0. The van der Waals surface area contributed by atoms with E-state index in [0.717, 1.165) is 0 Å². The predicted octanol–water partition coefficient (Wildman–Crippen LogP) is -1.28. The van der Waals surface area contributed by atoms with Crippen LogP contribution >= 0.6 is 0 Å². The van der Waals surface area contributed by atoms with Crippen LogP contribution in [0.3, 0.4) is 0 Å². The highest BCUT2D eigenvalue weighted by Gasteiger charge is 1.99. The quantitative estimate of drug-likeness (QED) is 0.373. The van der Waals surface area contributed by atoms with Gasteiger partial charge in [0, 0.05) is 20.2 Å². The first-order valence-corrected chi connectivity index (χ1v) is 3.86. The van der Waals surface area contributed by atoms with Gasteiger partial charge in [-0.1, -0.05) is 0 Å². The van der Waals surface area contributed by atoms with E-state index in [9.17, 15) is 4.79 Å². The molecule has 0 fully saturated rings. The van der Waals surface area contributed by atoms with Gasteiger partial charge in [-0.15, -0.1) is 0 Å². The lowest BCUT2D eigenvalue weighted by Gasteiger charge is -2.03. The number of methoxy groups -OCH3 is 1. The molecule has 0 aromatic rings. The van der Waals surface area contributed by atoms with Gasteiger partial charge in [-0.05, 0) is 0 Å². The predicted molar refractivity (Wildman–Crippen MR) is 44.8 cm³/mol. The zero-order chi connectivity index (χ0) is 9.23. The molecule has 0 aromatic carbocycles. The Labute approximate surface area is 72.2 Å². The Balaban J connectivity index is 3.08. The molecule has 0 saturated carbocycles. The van der Waals surface area contributed by atoms with Crippen LogP contribution in [0.25, 0.3) is 0 Å². The van der Waals surface area contributed by atoms with Gasteiger partial charge in [-0.2, -0.15) is 0 Å². The third-order valence-corrected chi connectivity index (χ3v) is 1.13. The molecule has 0 radical (unpaired) electrons. The number of carbonyl (C=O) groups excluding carboxylic acids is 1. The summed E-state index contributed by atoms with van der Waals surface area (Å²) in [5.41, 5.74) is 5.14. The van der Waals surface area contributed by atoms with Crippen LogP contribution in [0.15, 0.2) is 0 Å². The molecule has 0 saturated heterocycles. The van der Waals surface area contributed by atoms with Crippen LogP contribution in [-0.4, -0.2) is 45.9 Å².